The average molecular weight is 306 g/mol. The molecule has 0 bridgehead atoms. The van der Waals surface area contributed by atoms with Crippen LogP contribution in [0.1, 0.15) is 34.2 Å². The second-order valence-electron chi connectivity index (χ2n) is 5.11. The fourth-order valence-electron chi connectivity index (χ4n) is 2.42. The highest BCUT2D eigenvalue weighted by Crippen LogP contribution is 2.20. The molecule has 1 aromatic carbocycles. The molecule has 0 aliphatic heterocycles. The molecule has 0 atom stereocenters. The second-order valence-corrected chi connectivity index (χ2v) is 5.51. The highest BCUT2D eigenvalue weighted by molar-refractivity contribution is 6.33. The maximum atomic E-state index is 12.5. The lowest BCUT2D eigenvalue weighted by molar-refractivity contribution is 0.0785. The van der Waals surface area contributed by atoms with Crippen LogP contribution in [-0.2, 0) is 13.1 Å². The number of rotatable bonds is 4. The summed E-state index contributed by atoms with van der Waals surface area (Å²) >= 11 is 6.09. The van der Waals surface area contributed by atoms with Gasteiger partial charge in [0.05, 0.1) is 16.3 Å². The molecule has 1 aromatic heterocycles. The summed E-state index contributed by atoms with van der Waals surface area (Å²) in [4.78, 5) is 14.2. The Morgan fingerprint density at radius 1 is 1.33 bits per heavy atom. The average Bonchev–Trinajstić information content (AvgIpc) is 2.74. The molecular weight excluding hydrogens is 286 g/mol. The van der Waals surface area contributed by atoms with Crippen molar-refractivity contribution in [2.24, 2.45) is 0 Å². The first kappa shape index (κ1) is 15.6. The molecule has 4 nitrogen and oxygen atoms in total. The molecule has 0 fully saturated rings. The van der Waals surface area contributed by atoms with Gasteiger partial charge in [-0.2, -0.15) is 5.10 Å². The molecule has 0 saturated heterocycles. The topological polar surface area (TPSA) is 38.1 Å². The number of hydrogen-bond acceptors (Lipinski definition) is 2. The minimum absolute atomic E-state index is 0.0800. The van der Waals surface area contributed by atoms with E-state index in [1.54, 1.807) is 24.1 Å². The Kier molecular flexibility index (Phi) is 4.68. The third-order valence-corrected chi connectivity index (χ3v) is 4.01. The van der Waals surface area contributed by atoms with Gasteiger partial charge in [-0.15, -0.1) is 0 Å². The first-order chi connectivity index (χ1) is 9.95. The number of aryl methyl sites for hydroxylation is 2. The molecule has 0 radical (unpaired) electrons. The Bertz CT molecular complexity index is 664. The Morgan fingerprint density at radius 2 is 2.00 bits per heavy atom. The molecule has 0 unspecified atom stereocenters. The van der Waals surface area contributed by atoms with Gasteiger partial charge in [0.15, 0.2) is 0 Å². The summed E-state index contributed by atoms with van der Waals surface area (Å²) in [5.41, 5.74) is 3.70. The number of hydrogen-bond donors (Lipinski definition) is 0. The van der Waals surface area contributed by atoms with E-state index in [0.717, 1.165) is 23.5 Å². The second kappa shape index (κ2) is 6.31. The van der Waals surface area contributed by atoms with Gasteiger partial charge in [-0.25, -0.2) is 0 Å². The minimum atomic E-state index is -0.0800. The third-order valence-electron chi connectivity index (χ3n) is 3.68. The van der Waals surface area contributed by atoms with Crippen molar-refractivity contribution in [3.05, 3.63) is 51.8 Å². The number of carbonyl (C=O) groups excluding carboxylic acids is 1. The standard InChI is InChI=1S/C16H20ClN3O/c1-5-20-12(3)14(11(2)18-20)10-19(4)16(21)13-8-6-7-9-15(13)17/h6-9H,5,10H2,1-4H3. The van der Waals surface area contributed by atoms with Gasteiger partial charge in [-0.05, 0) is 32.9 Å². The number of benzene rings is 1. The predicted molar refractivity (Wildman–Crippen MR) is 84.6 cm³/mol. The monoisotopic (exact) mass is 305 g/mol. The van der Waals surface area contributed by atoms with Crippen molar-refractivity contribution in [3.8, 4) is 0 Å². The summed E-state index contributed by atoms with van der Waals surface area (Å²) in [6.45, 7) is 7.42. The number of halogens is 1. The smallest absolute Gasteiger partial charge is 0.255 e. The van der Waals surface area contributed by atoms with Crippen LogP contribution in [0.2, 0.25) is 5.02 Å². The summed E-state index contributed by atoms with van der Waals surface area (Å²) in [5, 5.41) is 4.96. The van der Waals surface area contributed by atoms with Crippen LogP contribution in [0.3, 0.4) is 0 Å². The summed E-state index contributed by atoms with van der Waals surface area (Å²) in [6.07, 6.45) is 0. The normalized spacial score (nSPS) is 10.7. The van der Waals surface area contributed by atoms with E-state index in [-0.39, 0.29) is 5.91 Å². The van der Waals surface area contributed by atoms with Crippen LogP contribution >= 0.6 is 11.6 Å². The number of amides is 1. The van der Waals surface area contributed by atoms with Crippen LogP contribution in [-0.4, -0.2) is 27.6 Å². The van der Waals surface area contributed by atoms with Gasteiger partial charge >= 0.3 is 0 Å². The lowest BCUT2D eigenvalue weighted by Gasteiger charge is -2.18. The van der Waals surface area contributed by atoms with E-state index in [9.17, 15) is 4.79 Å². The van der Waals surface area contributed by atoms with Gasteiger partial charge in [0.2, 0.25) is 0 Å². The van der Waals surface area contributed by atoms with E-state index >= 15 is 0 Å². The first-order valence-corrected chi connectivity index (χ1v) is 7.36. The molecule has 0 saturated carbocycles. The van der Waals surface area contributed by atoms with E-state index in [1.165, 1.54) is 0 Å². The van der Waals surface area contributed by atoms with Crippen LogP contribution in [0.4, 0.5) is 0 Å². The highest BCUT2D eigenvalue weighted by Gasteiger charge is 2.18. The van der Waals surface area contributed by atoms with E-state index in [4.69, 9.17) is 11.6 Å². The van der Waals surface area contributed by atoms with Gasteiger partial charge in [0.1, 0.15) is 0 Å². The molecule has 112 valence electrons. The van der Waals surface area contributed by atoms with Crippen molar-refractivity contribution in [3.63, 3.8) is 0 Å². The number of carbonyl (C=O) groups is 1. The number of nitrogens with zero attached hydrogens (tertiary/aromatic N) is 3. The van der Waals surface area contributed by atoms with Gasteiger partial charge in [-0.3, -0.25) is 9.48 Å². The van der Waals surface area contributed by atoms with Crippen molar-refractivity contribution in [1.82, 2.24) is 14.7 Å². The van der Waals surface area contributed by atoms with Crippen molar-refractivity contribution in [1.29, 1.82) is 0 Å². The maximum absolute atomic E-state index is 12.5. The molecule has 5 heteroatoms. The molecule has 1 amide bonds. The van der Waals surface area contributed by atoms with Gasteiger partial charge in [0.25, 0.3) is 5.91 Å². The Hall–Kier alpha value is -1.81. The third kappa shape index (κ3) is 3.10. The van der Waals surface area contributed by atoms with Crippen molar-refractivity contribution >= 4 is 17.5 Å². The maximum Gasteiger partial charge on any atom is 0.255 e. The van der Waals surface area contributed by atoms with E-state index < -0.39 is 0 Å². The quantitative estimate of drug-likeness (QED) is 0.868. The van der Waals surface area contributed by atoms with Gasteiger partial charge < -0.3 is 4.90 Å². The highest BCUT2D eigenvalue weighted by atomic mass is 35.5. The Morgan fingerprint density at radius 3 is 2.57 bits per heavy atom. The first-order valence-electron chi connectivity index (χ1n) is 6.98. The van der Waals surface area contributed by atoms with E-state index in [0.29, 0.717) is 17.1 Å². The van der Waals surface area contributed by atoms with Crippen LogP contribution in [0.25, 0.3) is 0 Å². The van der Waals surface area contributed by atoms with Crippen molar-refractivity contribution < 1.29 is 4.79 Å². The molecule has 21 heavy (non-hydrogen) atoms. The van der Waals surface area contributed by atoms with Crippen LogP contribution < -0.4 is 0 Å². The summed E-state index contributed by atoms with van der Waals surface area (Å²) < 4.78 is 1.96. The molecule has 0 N–H and O–H groups in total. The molecule has 1 heterocycles. The van der Waals surface area contributed by atoms with Crippen LogP contribution in [0.5, 0.6) is 0 Å². The van der Waals surface area contributed by atoms with Gasteiger partial charge in [-0.1, -0.05) is 23.7 Å². The Balaban J connectivity index is 2.22. The van der Waals surface area contributed by atoms with Crippen molar-refractivity contribution in [2.75, 3.05) is 7.05 Å². The molecule has 0 aliphatic carbocycles. The number of aromatic nitrogens is 2. The molecule has 0 aliphatic rings. The molecule has 2 rings (SSSR count). The zero-order valence-electron chi connectivity index (χ0n) is 12.9. The SMILES string of the molecule is CCn1nc(C)c(CN(C)C(=O)c2ccccc2Cl)c1C. The Labute approximate surface area is 130 Å². The van der Waals surface area contributed by atoms with Crippen LogP contribution in [0.15, 0.2) is 24.3 Å². The van der Waals surface area contributed by atoms with E-state index in [1.807, 2.05) is 30.7 Å². The zero-order chi connectivity index (χ0) is 15.6. The molecule has 0 spiro atoms. The lowest BCUT2D eigenvalue weighted by Crippen LogP contribution is -2.27. The summed E-state index contributed by atoms with van der Waals surface area (Å²) in [5.74, 6) is -0.0800. The zero-order valence-corrected chi connectivity index (χ0v) is 13.6. The van der Waals surface area contributed by atoms with Crippen LogP contribution in [0, 0.1) is 13.8 Å². The minimum Gasteiger partial charge on any atom is -0.337 e. The lowest BCUT2D eigenvalue weighted by atomic mass is 10.1. The summed E-state index contributed by atoms with van der Waals surface area (Å²) in [7, 11) is 1.79. The molecular formula is C16H20ClN3O. The van der Waals surface area contributed by atoms with Gasteiger partial charge in [0, 0.05) is 31.4 Å². The predicted octanol–water partition coefficient (Wildman–Crippen LogP) is 3.45. The fraction of sp³-hybridized carbons (Fsp3) is 0.375. The summed E-state index contributed by atoms with van der Waals surface area (Å²) in [6, 6.07) is 7.11. The largest absolute Gasteiger partial charge is 0.337 e. The van der Waals surface area contributed by atoms with Crippen molar-refractivity contribution in [2.45, 2.75) is 33.9 Å². The fourth-order valence-corrected chi connectivity index (χ4v) is 2.64. The van der Waals surface area contributed by atoms with E-state index in [2.05, 4.69) is 12.0 Å². The molecule has 2 aromatic rings.